The molecule has 0 bridgehead atoms. The maximum Gasteiger partial charge on any atom is -0.0150 e. The Morgan fingerprint density at radius 2 is 1.33 bits per heavy atom. The van der Waals surface area contributed by atoms with Gasteiger partial charge in [-0.2, -0.15) is 0 Å². The Morgan fingerprint density at radius 3 is 1.67 bits per heavy atom. The van der Waals surface area contributed by atoms with Crippen molar-refractivity contribution in [1.29, 1.82) is 0 Å². The molecule has 0 aliphatic rings. The quantitative estimate of drug-likeness (QED) is 0.520. The van der Waals surface area contributed by atoms with E-state index in [4.69, 9.17) is 0 Å². The molecule has 0 spiro atoms. The number of unbranched alkanes of at least 4 members (excludes halogenated alkanes) is 1. The Labute approximate surface area is 80.7 Å². The van der Waals surface area contributed by atoms with Crippen LogP contribution in [0, 0.1) is 0 Å². The molecule has 0 aromatic carbocycles. The van der Waals surface area contributed by atoms with Crippen LogP contribution in [0.25, 0.3) is 0 Å². The Balaban J connectivity index is 3.80. The van der Waals surface area contributed by atoms with Gasteiger partial charge in [0.05, 0.1) is 0 Å². The Bertz CT molecular complexity index is 93.2. The molecule has 1 heteroatoms. The van der Waals surface area contributed by atoms with Gasteiger partial charge in [-0.3, -0.25) is 0 Å². The van der Waals surface area contributed by atoms with Gasteiger partial charge < -0.3 is 0 Å². The number of rotatable bonds is 7. The zero-order valence-corrected chi connectivity index (χ0v) is 10.2. The summed E-state index contributed by atoms with van der Waals surface area (Å²) in [4.78, 5) is 0. The summed E-state index contributed by atoms with van der Waals surface area (Å²) in [7, 11) is 3.11. The molecule has 0 saturated carbocycles. The van der Waals surface area contributed by atoms with Crippen LogP contribution < -0.4 is 0 Å². The van der Waals surface area contributed by atoms with Gasteiger partial charge in [0.15, 0.2) is 0 Å². The second kappa shape index (κ2) is 6.89. The number of hydrogen-bond donors (Lipinski definition) is 0. The molecule has 0 amide bonds. The molecular formula is C11H25P. The van der Waals surface area contributed by atoms with Crippen molar-refractivity contribution in [2.75, 3.05) is 0 Å². The van der Waals surface area contributed by atoms with Crippen molar-refractivity contribution in [2.45, 2.75) is 70.9 Å². The van der Waals surface area contributed by atoms with E-state index >= 15 is 0 Å². The third-order valence-corrected chi connectivity index (χ3v) is 3.39. The summed E-state index contributed by atoms with van der Waals surface area (Å²) in [5, 5.41) is 0.569. The van der Waals surface area contributed by atoms with Crippen molar-refractivity contribution in [2.24, 2.45) is 0 Å². The molecule has 0 fully saturated rings. The molecule has 0 aliphatic heterocycles. The van der Waals surface area contributed by atoms with Crippen LogP contribution in [0.15, 0.2) is 0 Å². The van der Waals surface area contributed by atoms with Gasteiger partial charge in [0.1, 0.15) is 0 Å². The molecule has 0 N–H and O–H groups in total. The lowest BCUT2D eigenvalue weighted by Crippen LogP contribution is -2.19. The third-order valence-electron chi connectivity index (χ3n) is 2.52. The van der Waals surface area contributed by atoms with Gasteiger partial charge in [-0.1, -0.05) is 46.5 Å². The average Bonchev–Trinajstić information content (AvgIpc) is 2.02. The third kappa shape index (κ3) is 5.14. The summed E-state index contributed by atoms with van der Waals surface area (Å²) in [6.07, 6.45) is 9.54. The summed E-state index contributed by atoms with van der Waals surface area (Å²) in [6.45, 7) is 6.86. The summed E-state index contributed by atoms with van der Waals surface area (Å²) in [5.74, 6) is 0. The normalized spacial score (nSPS) is 12.0. The van der Waals surface area contributed by atoms with Gasteiger partial charge in [0.25, 0.3) is 0 Å². The first-order valence-corrected chi connectivity index (χ1v) is 6.05. The van der Waals surface area contributed by atoms with Crippen LogP contribution in [0.3, 0.4) is 0 Å². The van der Waals surface area contributed by atoms with Crippen molar-refractivity contribution in [3.8, 4) is 0 Å². The predicted molar refractivity (Wildman–Crippen MR) is 61.8 cm³/mol. The lowest BCUT2D eigenvalue weighted by molar-refractivity contribution is 0.442. The summed E-state index contributed by atoms with van der Waals surface area (Å²) in [5.41, 5.74) is 0. The Kier molecular flexibility index (Phi) is 7.14. The van der Waals surface area contributed by atoms with Crippen LogP contribution in [-0.2, 0) is 0 Å². The Morgan fingerprint density at radius 1 is 0.833 bits per heavy atom. The second-order valence-corrected chi connectivity index (χ2v) is 5.19. The SMILES string of the molecule is CCCCC(P)(CCC)CCC. The molecule has 0 aromatic rings. The first-order valence-electron chi connectivity index (χ1n) is 5.47. The molecule has 0 rings (SSSR count). The minimum atomic E-state index is 0.569. The highest BCUT2D eigenvalue weighted by atomic mass is 31.0. The largest absolute Gasteiger partial charge is 0.131 e. The van der Waals surface area contributed by atoms with Gasteiger partial charge in [0, 0.05) is 0 Å². The molecule has 1 atom stereocenters. The van der Waals surface area contributed by atoms with Gasteiger partial charge in [-0.05, 0) is 24.4 Å². The van der Waals surface area contributed by atoms with E-state index in [0.29, 0.717) is 5.16 Å². The highest BCUT2D eigenvalue weighted by Crippen LogP contribution is 2.35. The van der Waals surface area contributed by atoms with Gasteiger partial charge in [-0.25, -0.2) is 0 Å². The van der Waals surface area contributed by atoms with E-state index in [1.165, 1.54) is 44.9 Å². The van der Waals surface area contributed by atoms with Crippen molar-refractivity contribution in [3.05, 3.63) is 0 Å². The first-order chi connectivity index (χ1) is 5.68. The molecule has 0 aromatic heterocycles. The minimum Gasteiger partial charge on any atom is -0.131 e. The van der Waals surface area contributed by atoms with Crippen LogP contribution in [0.1, 0.15) is 65.7 Å². The molecule has 0 heterocycles. The maximum absolute atomic E-state index is 3.11. The molecule has 12 heavy (non-hydrogen) atoms. The highest BCUT2D eigenvalue weighted by Gasteiger charge is 2.20. The van der Waals surface area contributed by atoms with E-state index in [0.717, 1.165) is 0 Å². The monoisotopic (exact) mass is 188 g/mol. The molecular weight excluding hydrogens is 163 g/mol. The van der Waals surface area contributed by atoms with E-state index < -0.39 is 0 Å². The van der Waals surface area contributed by atoms with E-state index in [-0.39, 0.29) is 0 Å². The average molecular weight is 188 g/mol. The molecule has 74 valence electrons. The molecule has 0 saturated heterocycles. The fourth-order valence-corrected chi connectivity index (χ4v) is 2.68. The molecule has 1 unspecified atom stereocenters. The van der Waals surface area contributed by atoms with Crippen LogP contribution >= 0.6 is 9.24 Å². The van der Waals surface area contributed by atoms with E-state index in [1.54, 1.807) is 0 Å². The van der Waals surface area contributed by atoms with Crippen LogP contribution in [0.5, 0.6) is 0 Å². The first kappa shape index (κ1) is 12.4. The lowest BCUT2D eigenvalue weighted by atomic mass is 9.91. The lowest BCUT2D eigenvalue weighted by Gasteiger charge is -2.28. The van der Waals surface area contributed by atoms with Gasteiger partial charge in [-0.15, -0.1) is 9.24 Å². The minimum absolute atomic E-state index is 0.569. The van der Waals surface area contributed by atoms with Gasteiger partial charge in [0.2, 0.25) is 0 Å². The zero-order chi connectivity index (χ0) is 9.45. The molecule has 0 radical (unpaired) electrons. The smallest absolute Gasteiger partial charge is 0.0150 e. The highest BCUT2D eigenvalue weighted by molar-refractivity contribution is 7.18. The number of hydrogen-bond acceptors (Lipinski definition) is 0. The standard InChI is InChI=1S/C11H25P/c1-4-7-10-11(12,8-5-2)9-6-3/h4-10,12H2,1-3H3. The summed E-state index contributed by atoms with van der Waals surface area (Å²) >= 11 is 0. The van der Waals surface area contributed by atoms with Crippen LogP contribution in [0.4, 0.5) is 0 Å². The van der Waals surface area contributed by atoms with Crippen LogP contribution in [0.2, 0.25) is 0 Å². The van der Waals surface area contributed by atoms with Crippen LogP contribution in [-0.4, -0.2) is 5.16 Å². The maximum atomic E-state index is 3.11. The van der Waals surface area contributed by atoms with Crippen molar-refractivity contribution in [1.82, 2.24) is 0 Å². The fourth-order valence-electron chi connectivity index (χ4n) is 1.90. The molecule has 0 nitrogen and oxygen atoms in total. The predicted octanol–water partition coefficient (Wildman–Crippen LogP) is 4.39. The van der Waals surface area contributed by atoms with Crippen molar-refractivity contribution in [3.63, 3.8) is 0 Å². The topological polar surface area (TPSA) is 0 Å². The van der Waals surface area contributed by atoms with E-state index in [1.807, 2.05) is 0 Å². The van der Waals surface area contributed by atoms with E-state index in [9.17, 15) is 0 Å². The summed E-state index contributed by atoms with van der Waals surface area (Å²) in [6, 6.07) is 0. The Hall–Kier alpha value is 0.430. The van der Waals surface area contributed by atoms with Crippen molar-refractivity contribution >= 4 is 9.24 Å². The fraction of sp³-hybridized carbons (Fsp3) is 1.00. The van der Waals surface area contributed by atoms with E-state index in [2.05, 4.69) is 30.0 Å². The summed E-state index contributed by atoms with van der Waals surface area (Å²) < 4.78 is 0. The second-order valence-electron chi connectivity index (χ2n) is 3.97. The van der Waals surface area contributed by atoms with Crippen molar-refractivity contribution < 1.29 is 0 Å². The molecule has 0 aliphatic carbocycles. The zero-order valence-electron chi connectivity index (χ0n) is 9.03. The van der Waals surface area contributed by atoms with Gasteiger partial charge >= 0.3 is 0 Å².